The van der Waals surface area contributed by atoms with E-state index in [0.717, 1.165) is 0 Å². The van der Waals surface area contributed by atoms with E-state index in [9.17, 15) is 15.0 Å². The lowest BCUT2D eigenvalue weighted by Crippen LogP contribution is -2.61. The molecular weight excluding hydrogens is 268 g/mol. The number of nitrogens with one attached hydrogen (secondary N) is 2. The SMILES string of the molecule is COc1nc2c(c(=O)n1C)N[C@@H]1[C@H](O)[C@H](O)CO[C@@H]1N2. The minimum atomic E-state index is -1.04. The molecule has 1 aromatic rings. The molecule has 4 atom stereocenters. The summed E-state index contributed by atoms with van der Waals surface area (Å²) in [5, 5.41) is 25.4. The Hall–Kier alpha value is -1.84. The Bertz CT molecular complexity index is 589. The molecule has 0 unspecified atom stereocenters. The van der Waals surface area contributed by atoms with Gasteiger partial charge in [0.1, 0.15) is 17.9 Å². The quantitative estimate of drug-likeness (QED) is 0.471. The number of fused-ring (bicyclic) bond motifs is 2. The Morgan fingerprint density at radius 1 is 1.45 bits per heavy atom. The minimum Gasteiger partial charge on any atom is -0.468 e. The van der Waals surface area contributed by atoms with Gasteiger partial charge < -0.3 is 30.3 Å². The minimum absolute atomic E-state index is 0.00826. The lowest BCUT2D eigenvalue weighted by molar-refractivity contribution is -0.121. The highest BCUT2D eigenvalue weighted by Gasteiger charge is 2.43. The van der Waals surface area contributed by atoms with Crippen LogP contribution in [0.4, 0.5) is 11.5 Å². The smallest absolute Gasteiger partial charge is 0.300 e. The van der Waals surface area contributed by atoms with E-state index >= 15 is 0 Å². The molecule has 3 rings (SSSR count). The molecule has 0 amide bonds. The van der Waals surface area contributed by atoms with Gasteiger partial charge >= 0.3 is 6.01 Å². The van der Waals surface area contributed by atoms with Gasteiger partial charge in [-0.25, -0.2) is 0 Å². The molecule has 0 saturated carbocycles. The highest BCUT2D eigenvalue weighted by molar-refractivity contribution is 5.67. The topological polar surface area (TPSA) is 118 Å². The number of rotatable bonds is 1. The highest BCUT2D eigenvalue weighted by Crippen LogP contribution is 2.29. The summed E-state index contributed by atoms with van der Waals surface area (Å²) in [4.78, 5) is 16.4. The second kappa shape index (κ2) is 4.62. The van der Waals surface area contributed by atoms with E-state index in [1.54, 1.807) is 0 Å². The molecule has 2 aliphatic heterocycles. The molecule has 9 heteroatoms. The zero-order valence-electron chi connectivity index (χ0n) is 11.0. The van der Waals surface area contributed by atoms with E-state index in [4.69, 9.17) is 9.47 Å². The summed E-state index contributed by atoms with van der Waals surface area (Å²) < 4.78 is 11.7. The van der Waals surface area contributed by atoms with Crippen LogP contribution >= 0.6 is 0 Å². The van der Waals surface area contributed by atoms with Crippen molar-refractivity contribution in [1.82, 2.24) is 9.55 Å². The summed E-state index contributed by atoms with van der Waals surface area (Å²) in [6.45, 7) is 0.00826. The maximum absolute atomic E-state index is 12.2. The Morgan fingerprint density at radius 2 is 2.20 bits per heavy atom. The molecule has 1 fully saturated rings. The van der Waals surface area contributed by atoms with E-state index in [2.05, 4.69) is 15.6 Å². The maximum Gasteiger partial charge on any atom is 0.300 e. The third kappa shape index (κ3) is 1.82. The Kier molecular flexibility index (Phi) is 3.04. The third-order valence-corrected chi connectivity index (χ3v) is 3.56. The standard InChI is InChI=1S/C11H16N4O5/c1-15-10(18)6-8(14-11(15)19-2)13-9-5(12-6)7(17)4(16)3-20-9/h4-5,7,9,12-13,16-17H,3H2,1-2H3/t4-,5-,7-,9+/m1/s1. The van der Waals surface area contributed by atoms with Crippen LogP contribution in [-0.4, -0.2) is 58.0 Å². The second-order valence-electron chi connectivity index (χ2n) is 4.81. The van der Waals surface area contributed by atoms with Crippen LogP contribution in [0, 0.1) is 0 Å². The largest absolute Gasteiger partial charge is 0.468 e. The van der Waals surface area contributed by atoms with Crippen molar-refractivity contribution >= 4 is 11.5 Å². The number of aliphatic hydroxyl groups excluding tert-OH is 2. The van der Waals surface area contributed by atoms with E-state index in [-0.39, 0.29) is 23.9 Å². The van der Waals surface area contributed by atoms with Crippen LogP contribution in [0.3, 0.4) is 0 Å². The van der Waals surface area contributed by atoms with Crippen molar-refractivity contribution in [2.75, 3.05) is 24.4 Å². The maximum atomic E-state index is 12.2. The summed E-state index contributed by atoms with van der Waals surface area (Å²) in [6.07, 6.45) is -2.62. The monoisotopic (exact) mass is 284 g/mol. The fourth-order valence-corrected chi connectivity index (χ4v) is 2.42. The van der Waals surface area contributed by atoms with Gasteiger partial charge in [-0.2, -0.15) is 4.98 Å². The van der Waals surface area contributed by atoms with Crippen molar-refractivity contribution in [1.29, 1.82) is 0 Å². The average Bonchev–Trinajstić information content (AvgIpc) is 2.46. The lowest BCUT2D eigenvalue weighted by Gasteiger charge is -2.42. The van der Waals surface area contributed by atoms with Crippen LogP contribution in [0.15, 0.2) is 4.79 Å². The summed E-state index contributed by atoms with van der Waals surface area (Å²) in [5.74, 6) is 0.301. The van der Waals surface area contributed by atoms with Crippen LogP contribution < -0.4 is 20.9 Å². The van der Waals surface area contributed by atoms with Crippen LogP contribution in [0.2, 0.25) is 0 Å². The molecule has 3 heterocycles. The Morgan fingerprint density at radius 3 is 2.90 bits per heavy atom. The summed E-state index contributed by atoms with van der Waals surface area (Å²) in [7, 11) is 2.95. The fraction of sp³-hybridized carbons (Fsp3) is 0.636. The number of aromatic nitrogens is 2. The van der Waals surface area contributed by atoms with E-state index < -0.39 is 24.5 Å². The highest BCUT2D eigenvalue weighted by atomic mass is 16.5. The van der Waals surface area contributed by atoms with Gasteiger partial charge in [0.25, 0.3) is 5.56 Å². The van der Waals surface area contributed by atoms with Crippen LogP contribution in [0.1, 0.15) is 0 Å². The molecule has 0 bridgehead atoms. The molecule has 0 aliphatic carbocycles. The van der Waals surface area contributed by atoms with Gasteiger partial charge in [-0.1, -0.05) is 0 Å². The number of methoxy groups -OCH3 is 1. The first kappa shape index (κ1) is 13.2. The molecular formula is C11H16N4O5. The molecule has 0 spiro atoms. The van der Waals surface area contributed by atoms with Crippen molar-refractivity contribution in [2.24, 2.45) is 7.05 Å². The molecule has 4 N–H and O–H groups in total. The number of aliphatic hydroxyl groups is 2. The first-order valence-corrected chi connectivity index (χ1v) is 6.18. The summed E-state index contributed by atoms with van der Waals surface area (Å²) in [5.41, 5.74) is -0.128. The first-order chi connectivity index (χ1) is 9.52. The van der Waals surface area contributed by atoms with Crippen molar-refractivity contribution in [3.63, 3.8) is 0 Å². The first-order valence-electron chi connectivity index (χ1n) is 6.18. The van der Waals surface area contributed by atoms with Gasteiger partial charge in [-0.15, -0.1) is 0 Å². The Balaban J connectivity index is 2.03. The molecule has 1 aromatic heterocycles. The number of anilines is 2. The Labute approximate surface area is 114 Å². The zero-order chi connectivity index (χ0) is 14.4. The van der Waals surface area contributed by atoms with E-state index in [1.165, 1.54) is 18.7 Å². The summed E-state index contributed by atoms with van der Waals surface area (Å²) in [6, 6.07) is -0.466. The van der Waals surface area contributed by atoms with Gasteiger partial charge in [0.05, 0.1) is 19.8 Å². The van der Waals surface area contributed by atoms with Gasteiger partial charge in [0.2, 0.25) is 0 Å². The van der Waals surface area contributed by atoms with E-state index in [0.29, 0.717) is 5.82 Å². The number of hydrogen-bond acceptors (Lipinski definition) is 8. The number of ether oxygens (including phenoxy) is 2. The molecule has 0 aromatic carbocycles. The van der Waals surface area contributed by atoms with Crippen LogP contribution in [0.5, 0.6) is 6.01 Å². The van der Waals surface area contributed by atoms with Gasteiger partial charge in [-0.3, -0.25) is 9.36 Å². The van der Waals surface area contributed by atoms with Gasteiger partial charge in [-0.05, 0) is 0 Å². The zero-order valence-corrected chi connectivity index (χ0v) is 11.0. The molecule has 2 aliphatic rings. The molecule has 9 nitrogen and oxygen atoms in total. The number of nitrogens with zero attached hydrogens (tertiary/aromatic N) is 2. The molecule has 20 heavy (non-hydrogen) atoms. The fourth-order valence-electron chi connectivity index (χ4n) is 2.42. The van der Waals surface area contributed by atoms with Gasteiger partial charge in [0.15, 0.2) is 12.0 Å². The van der Waals surface area contributed by atoms with Crippen molar-refractivity contribution in [2.45, 2.75) is 24.5 Å². The molecule has 1 saturated heterocycles. The molecule has 110 valence electrons. The predicted octanol–water partition coefficient (Wildman–Crippen LogP) is -1.93. The van der Waals surface area contributed by atoms with E-state index in [1.807, 2.05) is 0 Å². The van der Waals surface area contributed by atoms with Crippen molar-refractivity contribution < 1.29 is 19.7 Å². The van der Waals surface area contributed by atoms with Gasteiger partial charge in [0, 0.05) is 7.05 Å². The second-order valence-corrected chi connectivity index (χ2v) is 4.81. The molecule has 0 radical (unpaired) electrons. The lowest BCUT2D eigenvalue weighted by atomic mass is 9.99. The van der Waals surface area contributed by atoms with Crippen molar-refractivity contribution in [3.8, 4) is 6.01 Å². The normalized spacial score (nSPS) is 31.6. The predicted molar refractivity (Wildman–Crippen MR) is 68.8 cm³/mol. The third-order valence-electron chi connectivity index (χ3n) is 3.56. The van der Waals surface area contributed by atoms with Crippen molar-refractivity contribution in [3.05, 3.63) is 10.4 Å². The number of hydrogen-bond donors (Lipinski definition) is 4. The average molecular weight is 284 g/mol. The van der Waals surface area contributed by atoms with Crippen LogP contribution in [-0.2, 0) is 11.8 Å². The van der Waals surface area contributed by atoms with Crippen LogP contribution in [0.25, 0.3) is 0 Å². The summed E-state index contributed by atoms with van der Waals surface area (Å²) >= 11 is 0.